The van der Waals surface area contributed by atoms with Gasteiger partial charge in [-0.3, -0.25) is 0 Å². The Kier molecular flexibility index (Phi) is 4.31. The summed E-state index contributed by atoms with van der Waals surface area (Å²) < 4.78 is 44.7. The highest BCUT2D eigenvalue weighted by atomic mass is 19.1. The molecule has 2 aromatic rings. The van der Waals surface area contributed by atoms with Crippen LogP contribution in [0.2, 0.25) is 0 Å². The van der Waals surface area contributed by atoms with E-state index in [2.05, 4.69) is 0 Å². The van der Waals surface area contributed by atoms with Gasteiger partial charge in [-0.2, -0.15) is 0 Å². The van der Waals surface area contributed by atoms with E-state index >= 15 is 0 Å². The van der Waals surface area contributed by atoms with E-state index in [0.29, 0.717) is 0 Å². The van der Waals surface area contributed by atoms with Crippen LogP contribution in [0.1, 0.15) is 5.56 Å². The molecule has 0 amide bonds. The summed E-state index contributed by atoms with van der Waals surface area (Å²) in [5, 5.41) is 18.2. The molecular weight excluding hydrogens is 272 g/mol. The number of hydrogen-bond donors (Lipinski definition) is 2. The zero-order chi connectivity index (χ0) is 14.7. The SMILES string of the molecule is OB(O)c1cc(F)ccc1COc1c(F)cccc1F. The number of benzene rings is 2. The summed E-state index contributed by atoms with van der Waals surface area (Å²) in [6.45, 7) is -0.328. The third kappa shape index (κ3) is 3.12. The Hall–Kier alpha value is -1.99. The first-order chi connectivity index (χ1) is 9.49. The predicted octanol–water partition coefficient (Wildman–Crippen LogP) is 1.36. The van der Waals surface area contributed by atoms with Crippen molar-refractivity contribution in [3.05, 3.63) is 59.4 Å². The van der Waals surface area contributed by atoms with Crippen molar-refractivity contribution >= 4 is 12.6 Å². The van der Waals surface area contributed by atoms with Crippen molar-refractivity contribution in [1.82, 2.24) is 0 Å². The first kappa shape index (κ1) is 14.4. The van der Waals surface area contributed by atoms with E-state index in [1.54, 1.807) is 0 Å². The highest BCUT2D eigenvalue weighted by Crippen LogP contribution is 2.21. The van der Waals surface area contributed by atoms with Gasteiger partial charge in [0.25, 0.3) is 0 Å². The van der Waals surface area contributed by atoms with Crippen LogP contribution in [0, 0.1) is 17.5 Å². The minimum atomic E-state index is -1.91. The fourth-order valence-corrected chi connectivity index (χ4v) is 1.71. The molecule has 0 aliphatic carbocycles. The van der Waals surface area contributed by atoms with Crippen LogP contribution in [0.3, 0.4) is 0 Å². The Balaban J connectivity index is 2.23. The van der Waals surface area contributed by atoms with Gasteiger partial charge in [0.05, 0.1) is 0 Å². The van der Waals surface area contributed by atoms with E-state index in [0.717, 1.165) is 24.3 Å². The van der Waals surface area contributed by atoms with Gasteiger partial charge < -0.3 is 14.8 Å². The molecule has 2 aromatic carbocycles. The van der Waals surface area contributed by atoms with Crippen molar-refractivity contribution in [2.75, 3.05) is 0 Å². The largest absolute Gasteiger partial charge is 0.488 e. The van der Waals surface area contributed by atoms with Gasteiger partial charge in [-0.1, -0.05) is 12.1 Å². The number of ether oxygens (including phenoxy) is 1. The van der Waals surface area contributed by atoms with Gasteiger partial charge in [-0.05, 0) is 35.3 Å². The quantitative estimate of drug-likeness (QED) is 0.832. The summed E-state index contributed by atoms with van der Waals surface area (Å²) in [6, 6.07) is 6.51. The Bertz CT molecular complexity index is 600. The second-order valence-electron chi connectivity index (χ2n) is 4.06. The fourth-order valence-electron chi connectivity index (χ4n) is 1.71. The van der Waals surface area contributed by atoms with Crippen LogP contribution >= 0.6 is 0 Å². The molecule has 0 heterocycles. The molecule has 3 nitrogen and oxygen atoms in total. The average Bonchev–Trinajstić information content (AvgIpc) is 2.39. The summed E-state index contributed by atoms with van der Waals surface area (Å²) >= 11 is 0. The Labute approximate surface area is 113 Å². The van der Waals surface area contributed by atoms with Crippen molar-refractivity contribution in [1.29, 1.82) is 0 Å². The molecule has 0 saturated carbocycles. The van der Waals surface area contributed by atoms with Gasteiger partial charge in [-0.25, -0.2) is 13.2 Å². The van der Waals surface area contributed by atoms with Gasteiger partial charge in [0.1, 0.15) is 12.4 Å². The summed E-state index contributed by atoms with van der Waals surface area (Å²) in [4.78, 5) is 0. The van der Waals surface area contributed by atoms with Gasteiger partial charge in [0.15, 0.2) is 17.4 Å². The van der Waals surface area contributed by atoms with E-state index < -0.39 is 30.3 Å². The minimum Gasteiger partial charge on any atom is -0.483 e. The summed E-state index contributed by atoms with van der Waals surface area (Å²) in [6.07, 6.45) is 0. The van der Waals surface area contributed by atoms with Crippen LogP contribution in [-0.4, -0.2) is 17.2 Å². The lowest BCUT2D eigenvalue weighted by Gasteiger charge is -2.11. The van der Waals surface area contributed by atoms with E-state index in [4.69, 9.17) is 14.8 Å². The van der Waals surface area contributed by atoms with Crippen molar-refractivity contribution in [3.8, 4) is 5.75 Å². The lowest BCUT2D eigenvalue weighted by Crippen LogP contribution is -2.34. The summed E-state index contributed by atoms with van der Waals surface area (Å²) in [5.41, 5.74) is 0.0887. The molecule has 2 N–H and O–H groups in total. The van der Waals surface area contributed by atoms with Crippen molar-refractivity contribution < 1.29 is 28.0 Å². The van der Waals surface area contributed by atoms with Gasteiger partial charge >= 0.3 is 7.12 Å². The van der Waals surface area contributed by atoms with Crippen LogP contribution in [-0.2, 0) is 6.61 Å². The van der Waals surface area contributed by atoms with Gasteiger partial charge in [0.2, 0.25) is 0 Å². The van der Waals surface area contributed by atoms with E-state index in [9.17, 15) is 13.2 Å². The number of halogens is 3. The zero-order valence-electron chi connectivity index (χ0n) is 10.2. The predicted molar refractivity (Wildman–Crippen MR) is 66.9 cm³/mol. The molecule has 0 spiro atoms. The highest BCUT2D eigenvalue weighted by Gasteiger charge is 2.18. The molecule has 7 heteroatoms. The Morgan fingerprint density at radius 3 is 2.25 bits per heavy atom. The maximum absolute atomic E-state index is 13.4. The maximum atomic E-state index is 13.4. The normalized spacial score (nSPS) is 10.4. The number of hydrogen-bond acceptors (Lipinski definition) is 3. The molecular formula is C13H10BF3O3. The van der Waals surface area contributed by atoms with Crippen molar-refractivity contribution in [2.45, 2.75) is 6.61 Å². The van der Waals surface area contributed by atoms with Gasteiger partial charge in [-0.15, -0.1) is 0 Å². The molecule has 0 saturated heterocycles. The lowest BCUT2D eigenvalue weighted by molar-refractivity contribution is 0.274. The smallest absolute Gasteiger partial charge is 0.483 e. The standard InChI is InChI=1S/C13H10BF3O3/c15-9-5-4-8(10(6-9)14(18)19)7-20-13-11(16)2-1-3-12(13)17/h1-6,18-19H,7H2. The molecule has 0 aliphatic rings. The van der Waals surface area contributed by atoms with Crippen LogP contribution in [0.5, 0.6) is 5.75 Å². The Morgan fingerprint density at radius 1 is 1.00 bits per heavy atom. The number of rotatable bonds is 4. The first-order valence-electron chi connectivity index (χ1n) is 5.70. The monoisotopic (exact) mass is 282 g/mol. The molecule has 0 fully saturated rings. The first-order valence-corrected chi connectivity index (χ1v) is 5.70. The fraction of sp³-hybridized carbons (Fsp3) is 0.0769. The number of para-hydroxylation sites is 1. The second kappa shape index (κ2) is 5.98. The molecule has 0 radical (unpaired) electrons. The topological polar surface area (TPSA) is 49.7 Å². The maximum Gasteiger partial charge on any atom is 0.488 e. The van der Waals surface area contributed by atoms with Crippen molar-refractivity contribution in [3.63, 3.8) is 0 Å². The molecule has 0 atom stereocenters. The third-order valence-electron chi connectivity index (χ3n) is 2.68. The summed E-state index contributed by atoms with van der Waals surface area (Å²) in [5.74, 6) is -2.99. The van der Waals surface area contributed by atoms with E-state index in [1.807, 2.05) is 0 Å². The second-order valence-corrected chi connectivity index (χ2v) is 4.06. The van der Waals surface area contributed by atoms with Gasteiger partial charge in [0, 0.05) is 0 Å². The Morgan fingerprint density at radius 2 is 1.65 bits per heavy atom. The van der Waals surface area contributed by atoms with Crippen LogP contribution in [0.25, 0.3) is 0 Å². The van der Waals surface area contributed by atoms with Crippen LogP contribution in [0.15, 0.2) is 36.4 Å². The van der Waals surface area contributed by atoms with E-state index in [-0.39, 0.29) is 17.6 Å². The molecule has 0 bridgehead atoms. The molecule has 104 valence electrons. The average molecular weight is 282 g/mol. The lowest BCUT2D eigenvalue weighted by atomic mass is 9.77. The zero-order valence-corrected chi connectivity index (χ0v) is 10.2. The molecule has 0 aromatic heterocycles. The molecule has 2 rings (SSSR count). The highest BCUT2D eigenvalue weighted by molar-refractivity contribution is 6.59. The van der Waals surface area contributed by atoms with Crippen LogP contribution < -0.4 is 10.2 Å². The summed E-state index contributed by atoms with van der Waals surface area (Å²) in [7, 11) is -1.91. The van der Waals surface area contributed by atoms with E-state index in [1.165, 1.54) is 12.1 Å². The third-order valence-corrected chi connectivity index (χ3v) is 2.68. The van der Waals surface area contributed by atoms with Crippen LogP contribution in [0.4, 0.5) is 13.2 Å². The van der Waals surface area contributed by atoms with Crippen molar-refractivity contribution in [2.24, 2.45) is 0 Å². The minimum absolute atomic E-state index is 0.123. The molecule has 20 heavy (non-hydrogen) atoms. The molecule has 0 aliphatic heterocycles. The molecule has 0 unspecified atom stereocenters.